The van der Waals surface area contributed by atoms with Gasteiger partial charge in [0.2, 0.25) is 0 Å². The minimum Gasteiger partial charge on any atom is -0.305 e. The number of hydrogen-bond acceptors (Lipinski definition) is 3. The van der Waals surface area contributed by atoms with Crippen molar-refractivity contribution in [3.8, 4) is 5.69 Å². The summed E-state index contributed by atoms with van der Waals surface area (Å²) in [5.74, 6) is 0.515. The third-order valence-corrected chi connectivity index (χ3v) is 5.34. The fraction of sp³-hybridized carbons (Fsp3) is 0.350. The number of benzene rings is 1. The van der Waals surface area contributed by atoms with E-state index in [0.717, 1.165) is 47.1 Å². The molecule has 6 nitrogen and oxygen atoms in total. The Labute approximate surface area is 166 Å². The van der Waals surface area contributed by atoms with Crippen LogP contribution in [0.2, 0.25) is 0 Å². The normalized spacial score (nSPS) is 13.6. The molecule has 1 amide bonds. The van der Waals surface area contributed by atoms with Crippen LogP contribution in [0.3, 0.4) is 0 Å². The Balaban J connectivity index is 1.72. The predicted molar refractivity (Wildman–Crippen MR) is 108 cm³/mol. The van der Waals surface area contributed by atoms with Gasteiger partial charge in [0, 0.05) is 27.8 Å². The average Bonchev–Trinajstić information content (AvgIpc) is 3.26. The smallest absolute Gasteiger partial charge is 0.277 e. The molecule has 4 rings (SSSR count). The van der Waals surface area contributed by atoms with Gasteiger partial charge in [-0.3, -0.25) is 4.79 Å². The van der Waals surface area contributed by atoms with Crippen molar-refractivity contribution >= 4 is 27.7 Å². The summed E-state index contributed by atoms with van der Waals surface area (Å²) in [5, 5.41) is 12.0. The highest BCUT2D eigenvalue weighted by Gasteiger charge is 2.26. The summed E-state index contributed by atoms with van der Waals surface area (Å²) in [6.07, 6.45) is 5.72. The molecule has 7 heteroatoms. The van der Waals surface area contributed by atoms with Gasteiger partial charge in [0.25, 0.3) is 5.91 Å². The van der Waals surface area contributed by atoms with Crippen molar-refractivity contribution in [1.82, 2.24) is 19.6 Å². The standard InChI is InChI=1S/C20H22BrN5O/c1-13(2)25-18(10-11-22-25)23-20(27)19-16-8-3-4-9-17(16)26(24-19)15-7-5-6-14(21)12-15/h5-7,10-13H,3-4,8-9H2,1-2H3,(H,23,27). The van der Waals surface area contributed by atoms with Crippen LogP contribution in [-0.2, 0) is 12.8 Å². The van der Waals surface area contributed by atoms with Crippen LogP contribution >= 0.6 is 15.9 Å². The Hall–Kier alpha value is -2.41. The number of fused-ring (bicyclic) bond motifs is 1. The van der Waals surface area contributed by atoms with E-state index < -0.39 is 0 Å². The molecule has 140 valence electrons. The molecule has 27 heavy (non-hydrogen) atoms. The topological polar surface area (TPSA) is 64.7 Å². The lowest BCUT2D eigenvalue weighted by Gasteiger charge is -2.14. The highest BCUT2D eigenvalue weighted by atomic mass is 79.9. The number of rotatable bonds is 4. The lowest BCUT2D eigenvalue weighted by molar-refractivity contribution is 0.102. The van der Waals surface area contributed by atoms with Gasteiger partial charge in [-0.1, -0.05) is 22.0 Å². The number of amides is 1. The maximum atomic E-state index is 13.0. The number of halogens is 1. The van der Waals surface area contributed by atoms with E-state index in [-0.39, 0.29) is 11.9 Å². The Morgan fingerprint density at radius 2 is 2.04 bits per heavy atom. The van der Waals surface area contributed by atoms with Crippen molar-refractivity contribution in [3.63, 3.8) is 0 Å². The summed E-state index contributed by atoms with van der Waals surface area (Å²) in [6.45, 7) is 4.07. The molecule has 2 aromatic heterocycles. The van der Waals surface area contributed by atoms with Gasteiger partial charge in [0.05, 0.1) is 11.9 Å². The second kappa shape index (κ2) is 7.31. The van der Waals surface area contributed by atoms with Crippen LogP contribution in [0.25, 0.3) is 5.69 Å². The minimum atomic E-state index is -0.177. The third kappa shape index (κ3) is 3.43. The van der Waals surface area contributed by atoms with Crippen LogP contribution in [0.1, 0.15) is 54.5 Å². The maximum absolute atomic E-state index is 13.0. The number of nitrogens with one attached hydrogen (secondary N) is 1. The molecule has 0 unspecified atom stereocenters. The maximum Gasteiger partial charge on any atom is 0.277 e. The number of anilines is 1. The molecule has 0 aliphatic heterocycles. The van der Waals surface area contributed by atoms with E-state index >= 15 is 0 Å². The lowest BCUT2D eigenvalue weighted by Crippen LogP contribution is -2.19. The second-order valence-electron chi connectivity index (χ2n) is 7.08. The first kappa shape index (κ1) is 18.0. The first-order valence-corrected chi connectivity index (χ1v) is 10.1. The van der Waals surface area contributed by atoms with Crippen LogP contribution in [0.5, 0.6) is 0 Å². The van der Waals surface area contributed by atoms with Crippen LogP contribution in [0.4, 0.5) is 5.82 Å². The van der Waals surface area contributed by atoms with Crippen LogP contribution in [-0.4, -0.2) is 25.5 Å². The molecule has 0 radical (unpaired) electrons. The fourth-order valence-corrected chi connectivity index (χ4v) is 3.99. The molecule has 0 atom stereocenters. The quantitative estimate of drug-likeness (QED) is 0.664. The molecule has 0 saturated carbocycles. The minimum absolute atomic E-state index is 0.170. The number of aromatic nitrogens is 4. The Morgan fingerprint density at radius 1 is 1.22 bits per heavy atom. The zero-order valence-corrected chi connectivity index (χ0v) is 17.0. The SMILES string of the molecule is CC(C)n1nccc1NC(=O)c1nn(-c2cccc(Br)c2)c2c1CCCC2. The van der Waals surface area contributed by atoms with Gasteiger partial charge in [0.1, 0.15) is 5.82 Å². The van der Waals surface area contributed by atoms with Crippen molar-refractivity contribution < 1.29 is 4.79 Å². The summed E-state index contributed by atoms with van der Waals surface area (Å²) in [6, 6.07) is 10.00. The number of hydrogen-bond donors (Lipinski definition) is 1. The molecule has 1 N–H and O–H groups in total. The largest absolute Gasteiger partial charge is 0.305 e. The van der Waals surface area contributed by atoms with Gasteiger partial charge in [-0.25, -0.2) is 9.36 Å². The van der Waals surface area contributed by atoms with E-state index in [2.05, 4.69) is 26.3 Å². The van der Waals surface area contributed by atoms with Gasteiger partial charge in [-0.05, 0) is 57.7 Å². The van der Waals surface area contributed by atoms with Crippen LogP contribution < -0.4 is 5.32 Å². The Morgan fingerprint density at radius 3 is 2.81 bits per heavy atom. The summed E-state index contributed by atoms with van der Waals surface area (Å²) >= 11 is 3.52. The monoisotopic (exact) mass is 427 g/mol. The van der Waals surface area contributed by atoms with Crippen molar-refractivity contribution in [2.45, 2.75) is 45.6 Å². The molecule has 0 spiro atoms. The highest BCUT2D eigenvalue weighted by Crippen LogP contribution is 2.28. The van der Waals surface area contributed by atoms with E-state index in [1.165, 1.54) is 0 Å². The Bertz CT molecular complexity index is 988. The van der Waals surface area contributed by atoms with Crippen molar-refractivity contribution in [2.24, 2.45) is 0 Å². The molecular formula is C20H22BrN5O. The summed E-state index contributed by atoms with van der Waals surface area (Å²) in [4.78, 5) is 13.0. The average molecular weight is 428 g/mol. The predicted octanol–water partition coefficient (Wildman–Crippen LogP) is 4.54. The van der Waals surface area contributed by atoms with Gasteiger partial charge < -0.3 is 5.32 Å². The summed E-state index contributed by atoms with van der Waals surface area (Å²) < 4.78 is 4.72. The number of carbonyl (C=O) groups is 1. The molecule has 1 aromatic carbocycles. The van der Waals surface area contributed by atoms with Crippen molar-refractivity contribution in [2.75, 3.05) is 5.32 Å². The van der Waals surface area contributed by atoms with Gasteiger partial charge in [-0.15, -0.1) is 0 Å². The highest BCUT2D eigenvalue weighted by molar-refractivity contribution is 9.10. The molecule has 1 aliphatic rings. The van der Waals surface area contributed by atoms with E-state index in [9.17, 15) is 4.79 Å². The molecule has 0 bridgehead atoms. The van der Waals surface area contributed by atoms with E-state index in [0.29, 0.717) is 11.5 Å². The zero-order valence-electron chi connectivity index (χ0n) is 15.4. The van der Waals surface area contributed by atoms with Crippen molar-refractivity contribution in [3.05, 3.63) is 58.0 Å². The number of nitrogens with zero attached hydrogens (tertiary/aromatic N) is 4. The summed E-state index contributed by atoms with van der Waals surface area (Å²) in [5.41, 5.74) is 3.69. The van der Waals surface area contributed by atoms with Gasteiger partial charge in [0.15, 0.2) is 5.69 Å². The van der Waals surface area contributed by atoms with E-state index in [1.54, 1.807) is 10.9 Å². The summed E-state index contributed by atoms with van der Waals surface area (Å²) in [7, 11) is 0. The first-order chi connectivity index (χ1) is 13.0. The fourth-order valence-electron chi connectivity index (χ4n) is 3.60. The van der Waals surface area contributed by atoms with E-state index in [4.69, 9.17) is 5.10 Å². The molecule has 3 aromatic rings. The molecular weight excluding hydrogens is 406 g/mol. The zero-order chi connectivity index (χ0) is 19.0. The Kier molecular flexibility index (Phi) is 4.86. The van der Waals surface area contributed by atoms with Crippen LogP contribution in [0, 0.1) is 0 Å². The van der Waals surface area contributed by atoms with Gasteiger partial charge >= 0.3 is 0 Å². The molecule has 2 heterocycles. The third-order valence-electron chi connectivity index (χ3n) is 4.85. The van der Waals surface area contributed by atoms with E-state index in [1.807, 2.05) is 48.9 Å². The molecule has 0 fully saturated rings. The van der Waals surface area contributed by atoms with Gasteiger partial charge in [-0.2, -0.15) is 10.2 Å². The second-order valence-corrected chi connectivity index (χ2v) is 8.00. The van der Waals surface area contributed by atoms with Crippen LogP contribution in [0.15, 0.2) is 41.0 Å². The molecule has 1 aliphatic carbocycles. The molecule has 0 saturated heterocycles. The first-order valence-electron chi connectivity index (χ1n) is 9.26. The lowest BCUT2D eigenvalue weighted by atomic mass is 9.95. The van der Waals surface area contributed by atoms with Crippen molar-refractivity contribution in [1.29, 1.82) is 0 Å². The number of carbonyl (C=O) groups excluding carboxylic acids is 1.